The van der Waals surface area contributed by atoms with Crippen LogP contribution in [0.1, 0.15) is 24.2 Å². The Labute approximate surface area is 131 Å². The first-order valence-electron chi connectivity index (χ1n) is 6.91. The van der Waals surface area contributed by atoms with E-state index in [1.165, 1.54) is 31.1 Å². The van der Waals surface area contributed by atoms with Crippen LogP contribution in [0.2, 0.25) is 0 Å². The van der Waals surface area contributed by atoms with Crippen LogP contribution < -0.4 is 10.2 Å². The van der Waals surface area contributed by atoms with Gasteiger partial charge >= 0.3 is 5.97 Å². The van der Waals surface area contributed by atoms with Crippen molar-refractivity contribution in [2.75, 3.05) is 5.32 Å². The summed E-state index contributed by atoms with van der Waals surface area (Å²) in [6.45, 7) is 2.78. The van der Waals surface area contributed by atoms with Gasteiger partial charge in [-0.25, -0.2) is 14.8 Å². The Kier molecular flexibility index (Phi) is 3.76. The van der Waals surface area contributed by atoms with Crippen molar-refractivity contribution in [1.82, 2.24) is 14.7 Å². The minimum atomic E-state index is -0.458. The third-order valence-corrected chi connectivity index (χ3v) is 3.23. The molecule has 0 fully saturated rings. The molecule has 7 heteroatoms. The van der Waals surface area contributed by atoms with Gasteiger partial charge in [-0.05, 0) is 25.1 Å². The predicted molar refractivity (Wildman–Crippen MR) is 84.5 cm³/mol. The molecule has 23 heavy (non-hydrogen) atoms. The van der Waals surface area contributed by atoms with Crippen LogP contribution in [0.3, 0.4) is 0 Å². The fourth-order valence-electron chi connectivity index (χ4n) is 2.30. The summed E-state index contributed by atoms with van der Waals surface area (Å²) < 4.78 is 1.31. The third kappa shape index (κ3) is 3.03. The molecule has 0 spiro atoms. The molecule has 116 valence electrons. The summed E-state index contributed by atoms with van der Waals surface area (Å²) in [4.78, 5) is 36.0. The maximum atomic E-state index is 11.8. The van der Waals surface area contributed by atoms with E-state index in [0.717, 1.165) is 11.4 Å². The Bertz CT molecular complexity index is 887. The quantitative estimate of drug-likeness (QED) is 0.744. The van der Waals surface area contributed by atoms with Crippen LogP contribution in [-0.2, 0) is 4.79 Å². The molecule has 0 amide bonds. The van der Waals surface area contributed by atoms with E-state index in [1.54, 1.807) is 18.5 Å². The fourth-order valence-corrected chi connectivity index (χ4v) is 2.30. The van der Waals surface area contributed by atoms with Gasteiger partial charge in [0.25, 0.3) is 0 Å². The Hall–Kier alpha value is -3.22. The Morgan fingerprint density at radius 1 is 1.13 bits per heavy atom. The van der Waals surface area contributed by atoms with Crippen molar-refractivity contribution >= 4 is 34.0 Å². The van der Waals surface area contributed by atoms with Gasteiger partial charge < -0.3 is 10.2 Å². The lowest BCUT2D eigenvalue weighted by Gasteiger charge is -2.07. The zero-order chi connectivity index (χ0) is 16.4. The van der Waals surface area contributed by atoms with Crippen molar-refractivity contribution < 1.29 is 14.4 Å². The minimum absolute atomic E-state index is 0.110. The summed E-state index contributed by atoms with van der Waals surface area (Å²) in [6.07, 6.45) is 6.26. The first-order chi connectivity index (χ1) is 11.0. The highest BCUT2D eigenvalue weighted by Crippen LogP contribution is 2.26. The molecule has 0 saturated carbocycles. The highest BCUT2D eigenvalue weighted by molar-refractivity contribution is 6.07. The van der Waals surface area contributed by atoms with E-state index >= 15 is 0 Å². The molecule has 2 heterocycles. The van der Waals surface area contributed by atoms with Crippen LogP contribution in [-0.4, -0.2) is 26.5 Å². The van der Waals surface area contributed by atoms with Crippen molar-refractivity contribution in [2.24, 2.45) is 0 Å². The van der Waals surface area contributed by atoms with Crippen molar-refractivity contribution in [2.45, 2.75) is 13.8 Å². The summed E-state index contributed by atoms with van der Waals surface area (Å²) in [5.74, 6) is -0.568. The van der Waals surface area contributed by atoms with Crippen molar-refractivity contribution in [3.05, 3.63) is 48.7 Å². The SMILES string of the molecule is CC(=O)On1cc(C(C)=O)c2cc(Nc3cncnc3)ccc21. The van der Waals surface area contributed by atoms with Crippen molar-refractivity contribution in [1.29, 1.82) is 0 Å². The average Bonchev–Trinajstić information content (AvgIpc) is 2.86. The van der Waals surface area contributed by atoms with Crippen LogP contribution in [0.4, 0.5) is 11.4 Å². The Balaban J connectivity index is 2.05. The Morgan fingerprint density at radius 2 is 1.87 bits per heavy atom. The first kappa shape index (κ1) is 14.7. The summed E-state index contributed by atoms with van der Waals surface area (Å²) >= 11 is 0. The van der Waals surface area contributed by atoms with Crippen LogP contribution in [0.25, 0.3) is 10.9 Å². The molecular weight excluding hydrogens is 296 g/mol. The number of hydrogen-bond donors (Lipinski definition) is 1. The number of Topliss-reactive ketones (excluding diaryl/α,β-unsaturated/α-hetero) is 1. The third-order valence-electron chi connectivity index (χ3n) is 3.23. The number of nitrogens with one attached hydrogen (secondary N) is 1. The summed E-state index contributed by atoms with van der Waals surface area (Å²) in [5, 5.41) is 3.85. The molecule has 1 N–H and O–H groups in total. The standard InChI is InChI=1S/C16H14N4O3/c1-10(21)15-8-20(23-11(2)22)16-4-3-12(5-14(15)16)19-13-6-17-9-18-7-13/h3-9,19H,1-2H3. The molecule has 0 aliphatic rings. The van der Waals surface area contributed by atoms with Crippen LogP contribution in [0.5, 0.6) is 0 Å². The van der Waals surface area contributed by atoms with E-state index in [0.29, 0.717) is 16.5 Å². The van der Waals surface area contributed by atoms with Gasteiger partial charge in [0.2, 0.25) is 0 Å². The van der Waals surface area contributed by atoms with Crippen molar-refractivity contribution in [3.8, 4) is 0 Å². The topological polar surface area (TPSA) is 86.1 Å². The largest absolute Gasteiger partial charge is 0.353 e. The number of benzene rings is 1. The van der Waals surface area contributed by atoms with Gasteiger partial charge in [0.1, 0.15) is 6.33 Å². The maximum Gasteiger partial charge on any atom is 0.329 e. The number of fused-ring (bicyclic) bond motifs is 1. The highest BCUT2D eigenvalue weighted by Gasteiger charge is 2.14. The smallest absolute Gasteiger partial charge is 0.329 e. The van der Waals surface area contributed by atoms with Crippen LogP contribution >= 0.6 is 0 Å². The molecule has 3 aromatic rings. The molecule has 0 radical (unpaired) electrons. The van der Waals surface area contributed by atoms with Gasteiger partial charge in [0.15, 0.2) is 5.78 Å². The van der Waals surface area contributed by atoms with Gasteiger partial charge in [0.05, 0.1) is 29.8 Å². The van der Waals surface area contributed by atoms with E-state index in [4.69, 9.17) is 4.84 Å². The summed E-state index contributed by atoms with van der Waals surface area (Å²) in [7, 11) is 0. The van der Waals surface area contributed by atoms with E-state index in [1.807, 2.05) is 12.1 Å². The zero-order valence-electron chi connectivity index (χ0n) is 12.6. The molecule has 0 atom stereocenters. The second kappa shape index (κ2) is 5.88. The second-order valence-corrected chi connectivity index (χ2v) is 4.99. The van der Waals surface area contributed by atoms with Crippen molar-refractivity contribution in [3.63, 3.8) is 0 Å². The normalized spacial score (nSPS) is 10.5. The predicted octanol–water partition coefficient (Wildman–Crippen LogP) is 2.35. The molecule has 2 aromatic heterocycles. The highest BCUT2D eigenvalue weighted by atomic mass is 16.7. The Morgan fingerprint density at radius 3 is 2.52 bits per heavy atom. The molecule has 7 nitrogen and oxygen atoms in total. The molecule has 1 aromatic carbocycles. The monoisotopic (exact) mass is 310 g/mol. The van der Waals surface area contributed by atoms with E-state index < -0.39 is 5.97 Å². The van der Waals surface area contributed by atoms with E-state index in [-0.39, 0.29) is 5.78 Å². The van der Waals surface area contributed by atoms with Crippen LogP contribution in [0, 0.1) is 0 Å². The zero-order valence-corrected chi connectivity index (χ0v) is 12.6. The first-order valence-corrected chi connectivity index (χ1v) is 6.91. The molecule has 0 saturated heterocycles. The number of carbonyl (C=O) groups is 2. The second-order valence-electron chi connectivity index (χ2n) is 4.99. The lowest BCUT2D eigenvalue weighted by atomic mass is 10.1. The minimum Gasteiger partial charge on any atom is -0.353 e. The molecular formula is C16H14N4O3. The van der Waals surface area contributed by atoms with Gasteiger partial charge in [-0.3, -0.25) is 4.79 Å². The average molecular weight is 310 g/mol. The van der Waals surface area contributed by atoms with Crippen LogP contribution in [0.15, 0.2) is 43.1 Å². The molecule has 0 aliphatic heterocycles. The molecule has 0 unspecified atom stereocenters. The molecule has 0 bridgehead atoms. The summed E-state index contributed by atoms with van der Waals surface area (Å²) in [5.41, 5.74) is 2.63. The lowest BCUT2D eigenvalue weighted by Crippen LogP contribution is -2.15. The van der Waals surface area contributed by atoms with Gasteiger partial charge in [-0.15, -0.1) is 0 Å². The van der Waals surface area contributed by atoms with E-state index in [2.05, 4.69) is 15.3 Å². The molecule has 3 rings (SSSR count). The number of nitrogens with zero attached hydrogens (tertiary/aromatic N) is 3. The number of rotatable bonds is 4. The summed E-state index contributed by atoms with van der Waals surface area (Å²) in [6, 6.07) is 5.41. The maximum absolute atomic E-state index is 11.8. The fraction of sp³-hybridized carbons (Fsp3) is 0.125. The van der Waals surface area contributed by atoms with Gasteiger partial charge in [0, 0.05) is 23.6 Å². The number of ketones is 1. The number of hydrogen-bond acceptors (Lipinski definition) is 6. The lowest BCUT2D eigenvalue weighted by molar-refractivity contribution is -0.140. The number of aromatic nitrogens is 3. The van der Waals surface area contributed by atoms with Gasteiger partial charge in [-0.1, -0.05) is 0 Å². The number of carbonyl (C=O) groups excluding carboxylic acids is 2. The van der Waals surface area contributed by atoms with E-state index in [9.17, 15) is 9.59 Å². The number of anilines is 2. The van der Waals surface area contributed by atoms with Gasteiger partial charge in [-0.2, -0.15) is 4.73 Å². The molecule has 0 aliphatic carbocycles.